The molecule has 1 saturated heterocycles. The highest BCUT2D eigenvalue weighted by atomic mass is 16.5. The number of benzene rings is 1. The maximum atomic E-state index is 5.59. The van der Waals surface area contributed by atoms with Crippen LogP contribution < -0.4 is 4.74 Å². The van der Waals surface area contributed by atoms with Crippen molar-refractivity contribution in [3.05, 3.63) is 30.3 Å². The molecule has 19 heavy (non-hydrogen) atoms. The molecule has 0 amide bonds. The smallest absolute Gasteiger partial charge is 0.119 e. The molecule has 1 aromatic rings. The van der Waals surface area contributed by atoms with Crippen LogP contribution in [0.4, 0.5) is 0 Å². The van der Waals surface area contributed by atoms with Gasteiger partial charge < -0.3 is 14.2 Å². The number of nitrogens with zero attached hydrogens (tertiary/aromatic N) is 1. The van der Waals surface area contributed by atoms with E-state index in [1.54, 1.807) is 0 Å². The number of hydrogen-bond donors (Lipinski definition) is 0. The summed E-state index contributed by atoms with van der Waals surface area (Å²) in [4.78, 5) is 2.38. The van der Waals surface area contributed by atoms with E-state index in [1.165, 1.54) is 0 Å². The third-order valence-corrected chi connectivity index (χ3v) is 3.12. The summed E-state index contributed by atoms with van der Waals surface area (Å²) in [5, 5.41) is 0. The Morgan fingerprint density at radius 3 is 2.84 bits per heavy atom. The second-order valence-corrected chi connectivity index (χ2v) is 4.76. The number of para-hydroxylation sites is 1. The van der Waals surface area contributed by atoms with E-state index in [2.05, 4.69) is 11.8 Å². The second-order valence-electron chi connectivity index (χ2n) is 4.76. The highest BCUT2D eigenvalue weighted by Crippen LogP contribution is 2.07. The first-order valence-electron chi connectivity index (χ1n) is 6.94. The van der Waals surface area contributed by atoms with E-state index in [-0.39, 0.29) is 0 Å². The molecular formula is C15H23NO3. The predicted octanol–water partition coefficient (Wildman–Crippen LogP) is 1.80. The lowest BCUT2D eigenvalue weighted by Crippen LogP contribution is -2.42. The van der Waals surface area contributed by atoms with Gasteiger partial charge in [0.1, 0.15) is 12.4 Å². The van der Waals surface area contributed by atoms with Crippen molar-refractivity contribution in [1.29, 1.82) is 0 Å². The molecule has 0 bridgehead atoms. The van der Waals surface area contributed by atoms with Gasteiger partial charge in [-0.2, -0.15) is 0 Å². The summed E-state index contributed by atoms with van der Waals surface area (Å²) < 4.78 is 16.6. The largest absolute Gasteiger partial charge is 0.491 e. The van der Waals surface area contributed by atoms with E-state index < -0.39 is 0 Å². The van der Waals surface area contributed by atoms with Gasteiger partial charge in [-0.25, -0.2) is 0 Å². The molecule has 0 aromatic heterocycles. The molecule has 0 radical (unpaired) electrons. The highest BCUT2D eigenvalue weighted by Gasteiger charge is 2.15. The monoisotopic (exact) mass is 265 g/mol. The van der Waals surface area contributed by atoms with Gasteiger partial charge in [-0.05, 0) is 19.1 Å². The van der Waals surface area contributed by atoms with Crippen LogP contribution in [-0.2, 0) is 9.47 Å². The molecule has 4 nitrogen and oxygen atoms in total. The summed E-state index contributed by atoms with van der Waals surface area (Å²) in [7, 11) is 0. The lowest BCUT2D eigenvalue weighted by atomic mass is 10.3. The van der Waals surface area contributed by atoms with Gasteiger partial charge in [-0.1, -0.05) is 18.2 Å². The third-order valence-electron chi connectivity index (χ3n) is 3.12. The van der Waals surface area contributed by atoms with Gasteiger partial charge >= 0.3 is 0 Å². The SMILES string of the molecule is CC1CN(CCOCCOc2ccccc2)CCO1. The summed E-state index contributed by atoms with van der Waals surface area (Å²) in [6.07, 6.45) is 0.343. The molecule has 1 atom stereocenters. The van der Waals surface area contributed by atoms with Gasteiger partial charge in [0.15, 0.2) is 0 Å². The van der Waals surface area contributed by atoms with Crippen molar-refractivity contribution in [2.24, 2.45) is 0 Å². The normalized spacial score (nSPS) is 20.4. The van der Waals surface area contributed by atoms with Crippen LogP contribution in [0, 0.1) is 0 Å². The Bertz CT molecular complexity index is 345. The van der Waals surface area contributed by atoms with Gasteiger partial charge in [0.25, 0.3) is 0 Å². The van der Waals surface area contributed by atoms with Crippen molar-refractivity contribution in [1.82, 2.24) is 4.90 Å². The molecule has 0 N–H and O–H groups in total. The lowest BCUT2D eigenvalue weighted by molar-refractivity contribution is -0.0280. The minimum atomic E-state index is 0.343. The summed E-state index contributed by atoms with van der Waals surface area (Å²) in [6, 6.07) is 9.82. The zero-order valence-corrected chi connectivity index (χ0v) is 11.6. The van der Waals surface area contributed by atoms with Crippen molar-refractivity contribution in [2.75, 3.05) is 46.1 Å². The standard InChI is InChI=1S/C15H23NO3/c1-14-13-16(8-10-18-14)7-9-17-11-12-19-15-5-3-2-4-6-15/h2-6,14H,7-13H2,1H3. The van der Waals surface area contributed by atoms with Crippen LogP contribution >= 0.6 is 0 Å². The van der Waals surface area contributed by atoms with Crippen LogP contribution in [0.5, 0.6) is 5.75 Å². The van der Waals surface area contributed by atoms with E-state index in [0.29, 0.717) is 19.3 Å². The fourth-order valence-corrected chi connectivity index (χ4v) is 2.12. The van der Waals surface area contributed by atoms with E-state index in [4.69, 9.17) is 14.2 Å². The summed E-state index contributed by atoms with van der Waals surface area (Å²) in [5.74, 6) is 0.896. The number of ether oxygens (including phenoxy) is 3. The highest BCUT2D eigenvalue weighted by molar-refractivity contribution is 5.20. The van der Waals surface area contributed by atoms with Crippen molar-refractivity contribution >= 4 is 0 Å². The molecule has 1 aliphatic rings. The lowest BCUT2D eigenvalue weighted by Gasteiger charge is -2.30. The minimum Gasteiger partial charge on any atom is -0.491 e. The van der Waals surface area contributed by atoms with Crippen LogP contribution in [0.15, 0.2) is 30.3 Å². The molecule has 106 valence electrons. The maximum Gasteiger partial charge on any atom is 0.119 e. The first-order valence-corrected chi connectivity index (χ1v) is 6.94. The number of morpholine rings is 1. The maximum absolute atomic E-state index is 5.59. The van der Waals surface area contributed by atoms with Gasteiger partial charge in [-0.15, -0.1) is 0 Å². The molecule has 1 aromatic carbocycles. The fourth-order valence-electron chi connectivity index (χ4n) is 2.12. The van der Waals surface area contributed by atoms with Crippen LogP contribution in [0.1, 0.15) is 6.92 Å². The molecule has 1 heterocycles. The summed E-state index contributed by atoms with van der Waals surface area (Å²) in [5.41, 5.74) is 0. The summed E-state index contributed by atoms with van der Waals surface area (Å²) >= 11 is 0. The average Bonchev–Trinajstić information content (AvgIpc) is 2.44. The molecular weight excluding hydrogens is 242 g/mol. The molecule has 2 rings (SSSR count). The zero-order valence-electron chi connectivity index (χ0n) is 11.6. The Labute approximate surface area is 115 Å². The van der Waals surface area contributed by atoms with Crippen molar-refractivity contribution in [2.45, 2.75) is 13.0 Å². The van der Waals surface area contributed by atoms with Crippen LogP contribution in [-0.4, -0.2) is 57.1 Å². The first-order chi connectivity index (χ1) is 9.34. The first kappa shape index (κ1) is 14.3. The van der Waals surface area contributed by atoms with Crippen LogP contribution in [0.25, 0.3) is 0 Å². The Kier molecular flexibility index (Phi) is 6.14. The Hall–Kier alpha value is -1.10. The molecule has 0 spiro atoms. The van der Waals surface area contributed by atoms with Crippen LogP contribution in [0.3, 0.4) is 0 Å². The predicted molar refractivity (Wildman–Crippen MR) is 74.6 cm³/mol. The van der Waals surface area contributed by atoms with E-state index >= 15 is 0 Å². The van der Waals surface area contributed by atoms with E-state index in [0.717, 1.165) is 38.6 Å². The number of rotatable bonds is 7. The van der Waals surface area contributed by atoms with E-state index in [1.807, 2.05) is 30.3 Å². The van der Waals surface area contributed by atoms with Crippen molar-refractivity contribution < 1.29 is 14.2 Å². The Balaban J connectivity index is 1.48. The summed E-state index contributed by atoms with van der Waals surface area (Å²) in [6.45, 7) is 7.92. The van der Waals surface area contributed by atoms with Crippen molar-refractivity contribution in [3.8, 4) is 5.75 Å². The molecule has 1 aliphatic heterocycles. The quantitative estimate of drug-likeness (QED) is 0.704. The second kappa shape index (κ2) is 8.15. The molecule has 1 unspecified atom stereocenters. The van der Waals surface area contributed by atoms with Gasteiger partial charge in [0.2, 0.25) is 0 Å². The van der Waals surface area contributed by atoms with Crippen molar-refractivity contribution in [3.63, 3.8) is 0 Å². The zero-order chi connectivity index (χ0) is 13.3. The van der Waals surface area contributed by atoms with Gasteiger partial charge in [0, 0.05) is 19.6 Å². The van der Waals surface area contributed by atoms with Gasteiger partial charge in [-0.3, -0.25) is 4.90 Å². The topological polar surface area (TPSA) is 30.9 Å². The average molecular weight is 265 g/mol. The fraction of sp³-hybridized carbons (Fsp3) is 0.600. The van der Waals surface area contributed by atoms with Gasteiger partial charge in [0.05, 0.1) is 25.9 Å². The third kappa shape index (κ3) is 5.59. The molecule has 4 heteroatoms. The number of hydrogen-bond acceptors (Lipinski definition) is 4. The molecule has 1 fully saturated rings. The molecule has 0 saturated carbocycles. The minimum absolute atomic E-state index is 0.343. The molecule has 0 aliphatic carbocycles. The van der Waals surface area contributed by atoms with E-state index in [9.17, 15) is 0 Å². The Morgan fingerprint density at radius 1 is 1.21 bits per heavy atom. The van der Waals surface area contributed by atoms with Crippen LogP contribution in [0.2, 0.25) is 0 Å². The Morgan fingerprint density at radius 2 is 2.05 bits per heavy atom.